The molecule has 0 saturated heterocycles. The van der Waals surface area contributed by atoms with Crippen LogP contribution in [0.5, 0.6) is 0 Å². The van der Waals surface area contributed by atoms with Gasteiger partial charge in [-0.3, -0.25) is 4.79 Å². The average molecular weight is 391 g/mol. The van der Waals surface area contributed by atoms with Gasteiger partial charge in [-0.25, -0.2) is 8.78 Å². The van der Waals surface area contributed by atoms with E-state index in [4.69, 9.17) is 0 Å². The minimum atomic E-state index is -4.54. The van der Waals surface area contributed by atoms with Crippen molar-refractivity contribution >= 4 is 11.6 Å². The third-order valence-electron chi connectivity index (χ3n) is 4.13. The first-order chi connectivity index (χ1) is 13.3. The molecule has 0 aliphatic carbocycles. The minimum Gasteiger partial charge on any atom is -0.322 e. The van der Waals surface area contributed by atoms with Crippen molar-refractivity contribution < 1.29 is 26.7 Å². The summed E-state index contributed by atoms with van der Waals surface area (Å²) in [5.74, 6) is -2.25. The van der Waals surface area contributed by atoms with Gasteiger partial charge in [-0.2, -0.15) is 13.2 Å². The van der Waals surface area contributed by atoms with E-state index in [1.165, 1.54) is 48.5 Å². The summed E-state index contributed by atoms with van der Waals surface area (Å²) >= 11 is 0. The predicted molar refractivity (Wildman–Crippen MR) is 95.0 cm³/mol. The molecule has 28 heavy (non-hydrogen) atoms. The molecule has 3 aromatic rings. The van der Waals surface area contributed by atoms with Crippen LogP contribution in [-0.2, 0) is 12.6 Å². The Kier molecular flexibility index (Phi) is 5.44. The Morgan fingerprint density at radius 1 is 0.821 bits per heavy atom. The highest BCUT2D eigenvalue weighted by atomic mass is 19.4. The van der Waals surface area contributed by atoms with Gasteiger partial charge in [0.05, 0.1) is 11.1 Å². The van der Waals surface area contributed by atoms with Crippen LogP contribution in [-0.4, -0.2) is 5.91 Å². The second kappa shape index (κ2) is 7.80. The zero-order valence-corrected chi connectivity index (χ0v) is 14.4. The summed E-state index contributed by atoms with van der Waals surface area (Å²) < 4.78 is 67.3. The lowest BCUT2D eigenvalue weighted by Crippen LogP contribution is -2.14. The first-order valence-electron chi connectivity index (χ1n) is 8.25. The summed E-state index contributed by atoms with van der Waals surface area (Å²) in [6.45, 7) is 0. The second-order valence-electron chi connectivity index (χ2n) is 6.07. The number of carbonyl (C=O) groups excluding carboxylic acids is 1. The van der Waals surface area contributed by atoms with Crippen molar-refractivity contribution in [3.63, 3.8) is 0 Å². The third kappa shape index (κ3) is 4.36. The lowest BCUT2D eigenvalue weighted by molar-refractivity contribution is -0.138. The van der Waals surface area contributed by atoms with Crippen LogP contribution >= 0.6 is 0 Å². The minimum absolute atomic E-state index is 0.0422. The number of nitrogens with one attached hydrogen (secondary N) is 1. The molecule has 2 nitrogen and oxygen atoms in total. The van der Waals surface area contributed by atoms with E-state index in [2.05, 4.69) is 5.32 Å². The number of benzene rings is 3. The zero-order chi connectivity index (χ0) is 20.3. The van der Waals surface area contributed by atoms with Crippen molar-refractivity contribution in [3.8, 4) is 0 Å². The Morgan fingerprint density at radius 3 is 2.18 bits per heavy atom. The molecule has 3 aromatic carbocycles. The quantitative estimate of drug-likeness (QED) is 0.558. The van der Waals surface area contributed by atoms with E-state index < -0.39 is 29.3 Å². The van der Waals surface area contributed by atoms with Crippen molar-refractivity contribution in [3.05, 3.63) is 101 Å². The van der Waals surface area contributed by atoms with Gasteiger partial charge in [0.25, 0.3) is 5.91 Å². The molecule has 3 rings (SSSR count). The van der Waals surface area contributed by atoms with Crippen molar-refractivity contribution in [2.45, 2.75) is 12.6 Å². The molecule has 7 heteroatoms. The number of halogens is 5. The smallest absolute Gasteiger partial charge is 0.322 e. The molecule has 0 heterocycles. The number of hydrogen-bond acceptors (Lipinski definition) is 1. The number of carbonyl (C=O) groups is 1. The van der Waals surface area contributed by atoms with Crippen LogP contribution in [0.3, 0.4) is 0 Å². The Hall–Kier alpha value is -3.22. The maximum atomic E-state index is 14.4. The monoisotopic (exact) mass is 391 g/mol. The molecule has 0 aliphatic heterocycles. The molecule has 0 radical (unpaired) electrons. The summed E-state index contributed by atoms with van der Waals surface area (Å²) in [7, 11) is 0. The first kappa shape index (κ1) is 19.5. The van der Waals surface area contributed by atoms with Crippen LogP contribution in [0.2, 0.25) is 0 Å². The summed E-state index contributed by atoms with van der Waals surface area (Å²) in [6.07, 6.45) is -4.80. The normalized spacial score (nSPS) is 11.3. The zero-order valence-electron chi connectivity index (χ0n) is 14.4. The average Bonchev–Trinajstić information content (AvgIpc) is 2.64. The molecule has 0 bridgehead atoms. The Balaban J connectivity index is 1.81. The standard InChI is InChI=1S/C21H14F5NO/c22-18-8-4-2-6-16(18)20(28)27-15-10-9-14(19(23)12-15)11-13-5-1-3-7-17(13)21(24,25)26/h1-10,12H,11H2,(H,27,28). The van der Waals surface area contributed by atoms with E-state index in [0.717, 1.165) is 18.2 Å². The topological polar surface area (TPSA) is 29.1 Å². The highest BCUT2D eigenvalue weighted by Crippen LogP contribution is 2.33. The summed E-state index contributed by atoms with van der Waals surface area (Å²) in [5, 5.41) is 2.37. The molecule has 0 saturated carbocycles. The van der Waals surface area contributed by atoms with E-state index in [1.807, 2.05) is 0 Å². The van der Waals surface area contributed by atoms with Crippen LogP contribution in [0.25, 0.3) is 0 Å². The van der Waals surface area contributed by atoms with E-state index in [-0.39, 0.29) is 28.8 Å². The van der Waals surface area contributed by atoms with Crippen molar-refractivity contribution in [2.75, 3.05) is 5.32 Å². The number of hydrogen-bond donors (Lipinski definition) is 1. The molecule has 0 spiro atoms. The van der Waals surface area contributed by atoms with E-state index in [9.17, 15) is 26.7 Å². The fraction of sp³-hybridized carbons (Fsp3) is 0.0952. The van der Waals surface area contributed by atoms with Gasteiger partial charge in [-0.05, 0) is 41.5 Å². The Bertz CT molecular complexity index is 1010. The Labute approximate surface area is 157 Å². The lowest BCUT2D eigenvalue weighted by atomic mass is 9.99. The van der Waals surface area contributed by atoms with Crippen LogP contribution in [0, 0.1) is 11.6 Å². The lowest BCUT2D eigenvalue weighted by Gasteiger charge is -2.13. The molecular formula is C21H14F5NO. The van der Waals surface area contributed by atoms with Gasteiger partial charge in [0.1, 0.15) is 11.6 Å². The van der Waals surface area contributed by atoms with E-state index in [1.54, 1.807) is 0 Å². The molecule has 1 amide bonds. The van der Waals surface area contributed by atoms with Gasteiger partial charge >= 0.3 is 6.18 Å². The van der Waals surface area contributed by atoms with Crippen molar-refractivity contribution in [1.82, 2.24) is 0 Å². The molecule has 0 aromatic heterocycles. The van der Waals surface area contributed by atoms with Crippen LogP contribution in [0.1, 0.15) is 27.0 Å². The molecule has 144 valence electrons. The van der Waals surface area contributed by atoms with E-state index in [0.29, 0.717) is 0 Å². The molecule has 1 N–H and O–H groups in total. The largest absolute Gasteiger partial charge is 0.416 e. The second-order valence-corrected chi connectivity index (χ2v) is 6.07. The van der Waals surface area contributed by atoms with Crippen LogP contribution in [0.4, 0.5) is 27.6 Å². The van der Waals surface area contributed by atoms with Gasteiger partial charge in [0, 0.05) is 12.1 Å². The predicted octanol–water partition coefficient (Wildman–Crippen LogP) is 5.83. The summed E-state index contributed by atoms with van der Waals surface area (Å²) in [4.78, 5) is 12.1. The van der Waals surface area contributed by atoms with Gasteiger partial charge in [-0.1, -0.05) is 36.4 Å². The van der Waals surface area contributed by atoms with Gasteiger partial charge in [0.15, 0.2) is 0 Å². The highest BCUT2D eigenvalue weighted by molar-refractivity contribution is 6.04. The summed E-state index contributed by atoms with van der Waals surface area (Å²) in [6, 6.07) is 13.9. The van der Waals surface area contributed by atoms with Crippen molar-refractivity contribution in [2.24, 2.45) is 0 Å². The highest BCUT2D eigenvalue weighted by Gasteiger charge is 2.32. The fourth-order valence-electron chi connectivity index (χ4n) is 2.77. The number of anilines is 1. The number of amides is 1. The van der Waals surface area contributed by atoms with Crippen LogP contribution in [0.15, 0.2) is 66.7 Å². The molecule has 0 unspecified atom stereocenters. The fourth-order valence-corrected chi connectivity index (χ4v) is 2.77. The molecule has 0 aliphatic rings. The molecular weight excluding hydrogens is 377 g/mol. The van der Waals surface area contributed by atoms with Crippen LogP contribution < -0.4 is 5.32 Å². The first-order valence-corrected chi connectivity index (χ1v) is 8.25. The van der Waals surface area contributed by atoms with Gasteiger partial charge in [0.2, 0.25) is 0 Å². The number of rotatable bonds is 4. The van der Waals surface area contributed by atoms with E-state index >= 15 is 0 Å². The van der Waals surface area contributed by atoms with Gasteiger partial charge < -0.3 is 5.32 Å². The maximum Gasteiger partial charge on any atom is 0.416 e. The van der Waals surface area contributed by atoms with Gasteiger partial charge in [-0.15, -0.1) is 0 Å². The number of alkyl halides is 3. The molecule has 0 atom stereocenters. The Morgan fingerprint density at radius 2 is 1.50 bits per heavy atom. The summed E-state index contributed by atoms with van der Waals surface area (Å²) in [5.41, 5.74) is -0.978. The SMILES string of the molecule is O=C(Nc1ccc(Cc2ccccc2C(F)(F)F)c(F)c1)c1ccccc1F. The maximum absolute atomic E-state index is 14.4. The van der Waals surface area contributed by atoms with Crippen molar-refractivity contribution in [1.29, 1.82) is 0 Å². The third-order valence-corrected chi connectivity index (χ3v) is 4.13. The molecule has 0 fully saturated rings.